The minimum atomic E-state index is 0.204. The molecule has 22 heavy (non-hydrogen) atoms. The van der Waals surface area contributed by atoms with Gasteiger partial charge in [0.05, 0.1) is 23.6 Å². The van der Waals surface area contributed by atoms with E-state index in [0.717, 1.165) is 49.3 Å². The zero-order valence-electron chi connectivity index (χ0n) is 13.4. The van der Waals surface area contributed by atoms with Crippen LogP contribution < -0.4 is 10.1 Å². The molecule has 1 N–H and O–H groups in total. The van der Waals surface area contributed by atoms with Crippen LogP contribution in [0.2, 0.25) is 0 Å². The van der Waals surface area contributed by atoms with Gasteiger partial charge in [-0.2, -0.15) is 4.98 Å². The molecule has 2 aromatic rings. The van der Waals surface area contributed by atoms with Crippen molar-refractivity contribution in [2.75, 3.05) is 32.8 Å². The van der Waals surface area contributed by atoms with E-state index in [2.05, 4.69) is 24.1 Å². The Hall–Kier alpha value is -1.72. The Kier molecular flexibility index (Phi) is 4.85. The van der Waals surface area contributed by atoms with E-state index in [0.29, 0.717) is 12.5 Å². The van der Waals surface area contributed by atoms with Crippen LogP contribution in [0, 0.1) is 0 Å². The third-order valence-electron chi connectivity index (χ3n) is 4.10. The fourth-order valence-corrected chi connectivity index (χ4v) is 2.79. The highest BCUT2D eigenvalue weighted by Crippen LogP contribution is 2.26. The molecule has 1 fully saturated rings. The van der Waals surface area contributed by atoms with Crippen LogP contribution in [-0.2, 0) is 0 Å². The summed E-state index contributed by atoms with van der Waals surface area (Å²) in [6.45, 7) is 9.08. The maximum atomic E-state index is 5.86. The molecule has 1 aromatic carbocycles. The van der Waals surface area contributed by atoms with Crippen molar-refractivity contribution in [3.8, 4) is 5.88 Å². The molecule has 0 amide bonds. The first-order chi connectivity index (χ1) is 10.8. The molecular formula is C17H24N4O. The zero-order chi connectivity index (χ0) is 15.4. The number of nitrogens with one attached hydrogen (secondary N) is 1. The van der Waals surface area contributed by atoms with Crippen molar-refractivity contribution in [2.45, 2.75) is 26.3 Å². The van der Waals surface area contributed by atoms with Crippen LogP contribution in [0.3, 0.4) is 0 Å². The average molecular weight is 300 g/mol. The molecule has 1 atom stereocenters. The Balaban J connectivity index is 1.94. The van der Waals surface area contributed by atoms with E-state index in [1.54, 1.807) is 0 Å². The smallest absolute Gasteiger partial charge is 0.224 e. The lowest BCUT2D eigenvalue weighted by atomic mass is 10.2. The van der Waals surface area contributed by atoms with Gasteiger partial charge in [0.2, 0.25) is 5.88 Å². The number of nitrogens with zero attached hydrogens (tertiary/aromatic N) is 3. The van der Waals surface area contributed by atoms with Crippen LogP contribution in [0.15, 0.2) is 24.3 Å². The second kappa shape index (κ2) is 7.03. The predicted octanol–water partition coefficient (Wildman–Crippen LogP) is 2.38. The van der Waals surface area contributed by atoms with Crippen molar-refractivity contribution in [3.05, 3.63) is 30.1 Å². The van der Waals surface area contributed by atoms with Gasteiger partial charge >= 0.3 is 0 Å². The van der Waals surface area contributed by atoms with E-state index in [1.807, 2.05) is 24.3 Å². The highest BCUT2D eigenvalue weighted by molar-refractivity contribution is 5.83. The van der Waals surface area contributed by atoms with Crippen molar-refractivity contribution in [3.63, 3.8) is 0 Å². The van der Waals surface area contributed by atoms with Gasteiger partial charge in [-0.15, -0.1) is 0 Å². The summed E-state index contributed by atoms with van der Waals surface area (Å²) in [5.74, 6) is 1.57. The quantitative estimate of drug-likeness (QED) is 0.919. The highest BCUT2D eigenvalue weighted by Gasteiger charge is 2.21. The van der Waals surface area contributed by atoms with Crippen molar-refractivity contribution >= 4 is 10.9 Å². The standard InChI is InChI=1S/C17H24N4O/c1-3-12-22-17-14-6-4-5-7-15(14)19-16(20-17)13(2)21-10-8-18-9-11-21/h4-7,13,18H,3,8-12H2,1-2H3. The van der Waals surface area contributed by atoms with Gasteiger partial charge in [-0.3, -0.25) is 4.90 Å². The molecule has 5 nitrogen and oxygen atoms in total. The van der Waals surface area contributed by atoms with Crippen molar-refractivity contribution in [2.24, 2.45) is 0 Å². The monoisotopic (exact) mass is 300 g/mol. The van der Waals surface area contributed by atoms with Crippen LogP contribution in [0.25, 0.3) is 10.9 Å². The van der Waals surface area contributed by atoms with Crippen molar-refractivity contribution in [1.29, 1.82) is 0 Å². The molecule has 1 unspecified atom stereocenters. The SMILES string of the molecule is CCCOc1nc(C(C)N2CCNCC2)nc2ccccc12. The van der Waals surface area contributed by atoms with E-state index >= 15 is 0 Å². The van der Waals surface area contributed by atoms with E-state index in [1.165, 1.54) is 0 Å². The lowest BCUT2D eigenvalue weighted by Crippen LogP contribution is -2.44. The lowest BCUT2D eigenvalue weighted by molar-refractivity contribution is 0.178. The maximum Gasteiger partial charge on any atom is 0.224 e. The fraction of sp³-hybridized carbons (Fsp3) is 0.529. The molecule has 1 aliphatic heterocycles. The molecule has 5 heteroatoms. The number of para-hydroxylation sites is 1. The number of benzene rings is 1. The zero-order valence-corrected chi connectivity index (χ0v) is 13.4. The van der Waals surface area contributed by atoms with Gasteiger partial charge < -0.3 is 10.1 Å². The molecule has 0 radical (unpaired) electrons. The summed E-state index contributed by atoms with van der Waals surface area (Å²) in [5, 5.41) is 4.38. The lowest BCUT2D eigenvalue weighted by Gasteiger charge is -2.32. The van der Waals surface area contributed by atoms with Crippen LogP contribution in [-0.4, -0.2) is 47.7 Å². The van der Waals surface area contributed by atoms with Crippen molar-refractivity contribution < 1.29 is 4.74 Å². The summed E-state index contributed by atoms with van der Waals surface area (Å²) in [7, 11) is 0. The van der Waals surface area contributed by atoms with Gasteiger partial charge in [0.25, 0.3) is 0 Å². The molecule has 2 heterocycles. The average Bonchev–Trinajstić information content (AvgIpc) is 2.59. The fourth-order valence-electron chi connectivity index (χ4n) is 2.79. The molecule has 1 aromatic heterocycles. The number of rotatable bonds is 5. The first-order valence-electron chi connectivity index (χ1n) is 8.14. The number of ether oxygens (including phenoxy) is 1. The van der Waals surface area contributed by atoms with Gasteiger partial charge in [0.1, 0.15) is 5.82 Å². The Morgan fingerprint density at radius 2 is 2.00 bits per heavy atom. The third kappa shape index (κ3) is 3.20. The third-order valence-corrected chi connectivity index (χ3v) is 4.10. The molecule has 3 rings (SSSR count). The predicted molar refractivity (Wildman–Crippen MR) is 88.2 cm³/mol. The largest absolute Gasteiger partial charge is 0.477 e. The van der Waals surface area contributed by atoms with E-state index < -0.39 is 0 Å². The normalized spacial score (nSPS) is 17.5. The molecule has 0 saturated carbocycles. The molecule has 0 bridgehead atoms. The first-order valence-corrected chi connectivity index (χ1v) is 8.14. The highest BCUT2D eigenvalue weighted by atomic mass is 16.5. The van der Waals surface area contributed by atoms with Crippen LogP contribution in [0.1, 0.15) is 32.1 Å². The van der Waals surface area contributed by atoms with Crippen LogP contribution >= 0.6 is 0 Å². The molecular weight excluding hydrogens is 276 g/mol. The number of piperazine rings is 1. The summed E-state index contributed by atoms with van der Waals surface area (Å²) < 4.78 is 5.86. The van der Waals surface area contributed by atoms with E-state index in [9.17, 15) is 0 Å². The molecule has 1 aliphatic rings. The Labute approximate surface area is 131 Å². The van der Waals surface area contributed by atoms with Crippen LogP contribution in [0.4, 0.5) is 0 Å². The summed E-state index contributed by atoms with van der Waals surface area (Å²) >= 11 is 0. The van der Waals surface area contributed by atoms with Gasteiger partial charge in [-0.05, 0) is 25.5 Å². The van der Waals surface area contributed by atoms with Gasteiger partial charge in [-0.1, -0.05) is 19.1 Å². The van der Waals surface area contributed by atoms with Crippen molar-refractivity contribution in [1.82, 2.24) is 20.2 Å². The van der Waals surface area contributed by atoms with Crippen LogP contribution in [0.5, 0.6) is 5.88 Å². The molecule has 1 saturated heterocycles. The summed E-state index contributed by atoms with van der Waals surface area (Å²) in [6, 6.07) is 8.28. The molecule has 0 aliphatic carbocycles. The number of hydrogen-bond acceptors (Lipinski definition) is 5. The molecule has 118 valence electrons. The minimum absolute atomic E-state index is 0.204. The summed E-state index contributed by atoms with van der Waals surface area (Å²) in [6.07, 6.45) is 0.973. The number of hydrogen-bond donors (Lipinski definition) is 1. The second-order valence-electron chi connectivity index (χ2n) is 5.71. The van der Waals surface area contributed by atoms with E-state index in [4.69, 9.17) is 14.7 Å². The topological polar surface area (TPSA) is 50.3 Å². The number of fused-ring (bicyclic) bond motifs is 1. The number of aromatic nitrogens is 2. The van der Waals surface area contributed by atoms with E-state index in [-0.39, 0.29) is 6.04 Å². The summed E-state index contributed by atoms with van der Waals surface area (Å²) in [4.78, 5) is 11.9. The second-order valence-corrected chi connectivity index (χ2v) is 5.71. The first kappa shape index (κ1) is 15.2. The Morgan fingerprint density at radius 3 is 2.77 bits per heavy atom. The Morgan fingerprint density at radius 1 is 1.23 bits per heavy atom. The van der Waals surface area contributed by atoms with Gasteiger partial charge in [-0.25, -0.2) is 4.98 Å². The minimum Gasteiger partial charge on any atom is -0.477 e. The van der Waals surface area contributed by atoms with Gasteiger partial charge in [0, 0.05) is 26.2 Å². The maximum absolute atomic E-state index is 5.86. The Bertz CT molecular complexity index is 625. The van der Waals surface area contributed by atoms with Gasteiger partial charge in [0.15, 0.2) is 0 Å². The molecule has 0 spiro atoms. The summed E-state index contributed by atoms with van der Waals surface area (Å²) in [5.41, 5.74) is 0.959.